The third-order valence-corrected chi connectivity index (χ3v) is 6.63. The monoisotopic (exact) mass is 413 g/mol. The number of aromatic nitrogens is 1. The fourth-order valence-electron chi connectivity index (χ4n) is 3.73. The van der Waals surface area contributed by atoms with Crippen molar-refractivity contribution in [2.45, 2.75) is 37.0 Å². The summed E-state index contributed by atoms with van der Waals surface area (Å²) in [6.07, 6.45) is 8.43. The zero-order chi connectivity index (χ0) is 20.4. The van der Waals surface area contributed by atoms with E-state index in [-0.39, 0.29) is 22.2 Å². The number of rotatable bonds is 5. The molecular weight excluding hydrogens is 390 g/mol. The molecule has 2 aromatic rings. The number of nitrogens with one attached hydrogen (secondary N) is 2. The van der Waals surface area contributed by atoms with Crippen LogP contribution >= 0.6 is 0 Å². The normalized spacial score (nSPS) is 16.4. The predicted molar refractivity (Wildman–Crippen MR) is 111 cm³/mol. The molecule has 0 bridgehead atoms. The average molecular weight is 413 g/mol. The molecule has 0 spiro atoms. The van der Waals surface area contributed by atoms with Gasteiger partial charge in [-0.15, -0.1) is 0 Å². The van der Waals surface area contributed by atoms with Crippen molar-refractivity contribution in [2.24, 2.45) is 0 Å². The van der Waals surface area contributed by atoms with Crippen LogP contribution in [0.15, 0.2) is 41.4 Å². The number of hydrogen-bond donors (Lipinski definition) is 2. The minimum Gasteiger partial charge on any atom is -0.495 e. The summed E-state index contributed by atoms with van der Waals surface area (Å²) in [7, 11) is -2.49. The summed E-state index contributed by atoms with van der Waals surface area (Å²) in [6.45, 7) is 0.531. The number of methoxy groups -OCH3 is 1. The van der Waals surface area contributed by atoms with Gasteiger partial charge in [-0.3, -0.25) is 14.5 Å². The second kappa shape index (κ2) is 7.87. The first-order valence-electron chi connectivity index (χ1n) is 9.65. The number of allylic oxidation sites excluding steroid dienone is 2. The topological polar surface area (TPSA) is 97.4 Å². The number of sulfonamides is 1. The lowest BCUT2D eigenvalue weighted by Gasteiger charge is -2.18. The van der Waals surface area contributed by atoms with E-state index in [1.165, 1.54) is 19.4 Å². The number of benzene rings is 1. The van der Waals surface area contributed by atoms with Crippen LogP contribution in [0.5, 0.6) is 5.75 Å². The van der Waals surface area contributed by atoms with Crippen molar-refractivity contribution in [3.63, 3.8) is 0 Å². The Kier molecular flexibility index (Phi) is 5.27. The molecule has 4 rings (SSSR count). The highest BCUT2D eigenvalue weighted by molar-refractivity contribution is 7.92. The van der Waals surface area contributed by atoms with Crippen molar-refractivity contribution in [1.29, 1.82) is 0 Å². The smallest absolute Gasteiger partial charge is 0.265 e. The maximum atomic E-state index is 13.1. The molecule has 8 heteroatoms. The molecule has 0 unspecified atom stereocenters. The largest absolute Gasteiger partial charge is 0.495 e. The Hall–Kier alpha value is -2.87. The van der Waals surface area contributed by atoms with Crippen LogP contribution in [0.1, 0.15) is 47.3 Å². The molecule has 152 valence electrons. The number of pyridine rings is 1. The van der Waals surface area contributed by atoms with Gasteiger partial charge in [-0.2, -0.15) is 0 Å². The first-order valence-corrected chi connectivity index (χ1v) is 11.1. The molecule has 1 aliphatic heterocycles. The molecular formula is C21H23N3O4S. The van der Waals surface area contributed by atoms with Crippen molar-refractivity contribution in [2.75, 3.05) is 18.4 Å². The van der Waals surface area contributed by atoms with Gasteiger partial charge < -0.3 is 10.1 Å². The number of anilines is 1. The van der Waals surface area contributed by atoms with Gasteiger partial charge in [0, 0.05) is 13.0 Å². The van der Waals surface area contributed by atoms with Crippen LogP contribution in [0.3, 0.4) is 0 Å². The minimum atomic E-state index is -3.94. The van der Waals surface area contributed by atoms with Gasteiger partial charge in [-0.1, -0.05) is 12.1 Å². The number of fused-ring (bicyclic) bond motifs is 1. The zero-order valence-corrected chi connectivity index (χ0v) is 17.0. The lowest BCUT2D eigenvalue weighted by atomic mass is 9.94. The molecule has 1 amide bonds. The SMILES string of the molecule is COc1ccc(C2=CCCCC2)cc1S(=O)(=O)Nc1cnc2c(c1)C(=O)NCC2. The van der Waals surface area contributed by atoms with E-state index in [0.717, 1.165) is 36.8 Å². The highest BCUT2D eigenvalue weighted by Crippen LogP contribution is 2.33. The van der Waals surface area contributed by atoms with Gasteiger partial charge in [-0.05, 0) is 55.0 Å². The van der Waals surface area contributed by atoms with E-state index in [0.29, 0.717) is 24.2 Å². The van der Waals surface area contributed by atoms with Crippen molar-refractivity contribution < 1.29 is 17.9 Å². The third-order valence-electron chi connectivity index (χ3n) is 5.23. The van der Waals surface area contributed by atoms with Crippen LogP contribution in [0.2, 0.25) is 0 Å². The molecule has 7 nitrogen and oxygen atoms in total. The van der Waals surface area contributed by atoms with Crippen LogP contribution in [0, 0.1) is 0 Å². The Balaban J connectivity index is 1.69. The summed E-state index contributed by atoms with van der Waals surface area (Å²) in [4.78, 5) is 16.4. The first kappa shape index (κ1) is 19.4. The van der Waals surface area contributed by atoms with Gasteiger partial charge in [0.1, 0.15) is 10.6 Å². The van der Waals surface area contributed by atoms with Crippen molar-refractivity contribution in [3.8, 4) is 5.75 Å². The highest BCUT2D eigenvalue weighted by atomic mass is 32.2. The maximum Gasteiger partial charge on any atom is 0.265 e. The fraction of sp³-hybridized carbons (Fsp3) is 0.333. The lowest BCUT2D eigenvalue weighted by Crippen LogP contribution is -2.32. The van der Waals surface area contributed by atoms with Crippen molar-refractivity contribution in [1.82, 2.24) is 10.3 Å². The molecule has 29 heavy (non-hydrogen) atoms. The van der Waals surface area contributed by atoms with Crippen LogP contribution in [0.25, 0.3) is 5.57 Å². The molecule has 1 aromatic carbocycles. The average Bonchev–Trinajstić information content (AvgIpc) is 2.74. The number of nitrogens with zero attached hydrogens (tertiary/aromatic N) is 1. The predicted octanol–water partition coefficient (Wildman–Crippen LogP) is 3.13. The number of hydrogen-bond acceptors (Lipinski definition) is 5. The second-order valence-corrected chi connectivity index (χ2v) is 8.82. The number of ether oxygens (including phenoxy) is 1. The van der Waals surface area contributed by atoms with Gasteiger partial charge in [-0.25, -0.2) is 8.42 Å². The minimum absolute atomic E-state index is 0.0612. The van der Waals surface area contributed by atoms with Gasteiger partial charge in [0.25, 0.3) is 15.9 Å². The Morgan fingerprint density at radius 3 is 2.79 bits per heavy atom. The summed E-state index contributed by atoms with van der Waals surface area (Å²) >= 11 is 0. The summed E-state index contributed by atoms with van der Waals surface area (Å²) in [5.74, 6) is 0.0185. The van der Waals surface area contributed by atoms with Crippen molar-refractivity contribution >= 4 is 27.2 Å². The van der Waals surface area contributed by atoms with E-state index in [9.17, 15) is 13.2 Å². The van der Waals surface area contributed by atoms with E-state index >= 15 is 0 Å². The molecule has 1 aliphatic carbocycles. The molecule has 1 aromatic heterocycles. The van der Waals surface area contributed by atoms with Crippen LogP contribution in [-0.4, -0.2) is 33.0 Å². The molecule has 2 N–H and O–H groups in total. The van der Waals surface area contributed by atoms with Gasteiger partial charge >= 0.3 is 0 Å². The lowest BCUT2D eigenvalue weighted by molar-refractivity contribution is 0.0945. The molecule has 0 saturated heterocycles. The van der Waals surface area contributed by atoms with Gasteiger partial charge in [0.2, 0.25) is 0 Å². The molecule has 2 aliphatic rings. The Bertz CT molecular complexity index is 1090. The van der Waals surface area contributed by atoms with Crippen LogP contribution in [-0.2, 0) is 16.4 Å². The quantitative estimate of drug-likeness (QED) is 0.785. The van der Waals surface area contributed by atoms with E-state index < -0.39 is 10.0 Å². The van der Waals surface area contributed by atoms with E-state index in [4.69, 9.17) is 4.74 Å². The Labute approximate surface area is 170 Å². The molecule has 0 atom stereocenters. The molecule has 0 fully saturated rings. The molecule has 0 radical (unpaired) electrons. The van der Waals surface area contributed by atoms with E-state index in [2.05, 4.69) is 21.1 Å². The number of carbonyl (C=O) groups is 1. The van der Waals surface area contributed by atoms with Crippen molar-refractivity contribution in [3.05, 3.63) is 53.4 Å². The fourth-order valence-corrected chi connectivity index (χ4v) is 4.96. The molecule has 2 heterocycles. The molecule has 0 saturated carbocycles. The second-order valence-electron chi connectivity index (χ2n) is 7.17. The Morgan fingerprint density at radius 2 is 2.03 bits per heavy atom. The Morgan fingerprint density at radius 1 is 1.17 bits per heavy atom. The van der Waals surface area contributed by atoms with E-state index in [1.807, 2.05) is 6.07 Å². The van der Waals surface area contributed by atoms with Crippen LogP contribution in [0.4, 0.5) is 5.69 Å². The maximum absolute atomic E-state index is 13.1. The first-order chi connectivity index (χ1) is 14.0. The van der Waals surface area contributed by atoms with Gasteiger partial charge in [0.15, 0.2) is 0 Å². The summed E-state index contributed by atoms with van der Waals surface area (Å²) in [5, 5.41) is 2.74. The van der Waals surface area contributed by atoms with Gasteiger partial charge in [0.05, 0.1) is 30.3 Å². The zero-order valence-electron chi connectivity index (χ0n) is 16.2. The third kappa shape index (κ3) is 3.98. The standard InChI is InChI=1S/C21H23N3O4S/c1-28-19-8-7-15(14-5-3-2-4-6-14)11-20(19)29(26,27)24-16-12-17-18(23-13-16)9-10-22-21(17)25/h5,7-8,11-13,24H,2-4,6,9-10H2,1H3,(H,22,25). The highest BCUT2D eigenvalue weighted by Gasteiger charge is 2.24. The summed E-state index contributed by atoms with van der Waals surface area (Å²) < 4.78 is 34.1. The van der Waals surface area contributed by atoms with Crippen LogP contribution < -0.4 is 14.8 Å². The number of amides is 1. The number of carbonyl (C=O) groups excluding carboxylic acids is 1. The summed E-state index contributed by atoms with van der Waals surface area (Å²) in [6, 6.07) is 6.74. The summed E-state index contributed by atoms with van der Waals surface area (Å²) in [5.41, 5.74) is 3.34. The van der Waals surface area contributed by atoms with E-state index in [1.54, 1.807) is 12.1 Å².